The van der Waals surface area contributed by atoms with Gasteiger partial charge in [-0.15, -0.1) is 11.8 Å². The van der Waals surface area contributed by atoms with Crippen molar-refractivity contribution in [3.63, 3.8) is 0 Å². The van der Waals surface area contributed by atoms with E-state index in [2.05, 4.69) is 5.32 Å². The summed E-state index contributed by atoms with van der Waals surface area (Å²) in [6.07, 6.45) is 0. The number of thioether (sulfide) groups is 1. The molecule has 2 aromatic carbocycles. The number of hydrogen-bond acceptors (Lipinski definition) is 4. The maximum Gasteiger partial charge on any atom is 0.230 e. The number of ether oxygens (including phenoxy) is 2. The number of carbonyl (C=O) groups excluding carboxylic acids is 1. The van der Waals surface area contributed by atoms with Gasteiger partial charge in [-0.25, -0.2) is 0 Å². The minimum Gasteiger partial charge on any atom is -0.486 e. The molecule has 1 heterocycles. The van der Waals surface area contributed by atoms with E-state index in [4.69, 9.17) is 21.1 Å². The molecule has 1 N–H and O–H groups in total. The van der Waals surface area contributed by atoms with Gasteiger partial charge >= 0.3 is 0 Å². The first kappa shape index (κ1) is 18.0. The molecule has 0 bridgehead atoms. The van der Waals surface area contributed by atoms with E-state index in [-0.39, 0.29) is 11.9 Å². The number of amides is 1. The fourth-order valence-electron chi connectivity index (χ4n) is 2.62. The van der Waals surface area contributed by atoms with Crippen LogP contribution < -0.4 is 14.8 Å². The van der Waals surface area contributed by atoms with Crippen molar-refractivity contribution < 1.29 is 14.3 Å². The highest BCUT2D eigenvalue weighted by Crippen LogP contribution is 2.39. The summed E-state index contributed by atoms with van der Waals surface area (Å²) >= 11 is 7.78. The molecule has 4 nitrogen and oxygen atoms in total. The van der Waals surface area contributed by atoms with E-state index in [0.29, 0.717) is 41.2 Å². The van der Waals surface area contributed by atoms with Crippen LogP contribution in [0.1, 0.15) is 24.1 Å². The first-order valence-corrected chi connectivity index (χ1v) is 9.67. The zero-order valence-electron chi connectivity index (χ0n) is 14.0. The van der Waals surface area contributed by atoms with E-state index < -0.39 is 0 Å². The molecule has 0 saturated heterocycles. The van der Waals surface area contributed by atoms with Crippen LogP contribution in [0.15, 0.2) is 42.5 Å². The summed E-state index contributed by atoms with van der Waals surface area (Å²) in [6.45, 7) is 3.03. The largest absolute Gasteiger partial charge is 0.486 e. The SMILES string of the molecule is C[C@@H](NC(=O)CSCc1cc(Cl)c2c(c1)OCCO2)c1ccccc1. The Labute approximate surface area is 156 Å². The van der Waals surface area contributed by atoms with Crippen molar-refractivity contribution in [3.8, 4) is 11.5 Å². The molecule has 0 radical (unpaired) electrons. The number of nitrogens with one attached hydrogen (secondary N) is 1. The average molecular weight is 378 g/mol. The van der Waals surface area contributed by atoms with E-state index in [1.165, 1.54) is 0 Å². The quantitative estimate of drug-likeness (QED) is 0.818. The summed E-state index contributed by atoms with van der Waals surface area (Å²) in [7, 11) is 0. The molecule has 1 aliphatic heterocycles. The van der Waals surface area contributed by atoms with Crippen molar-refractivity contribution in [3.05, 3.63) is 58.6 Å². The molecular weight excluding hydrogens is 358 g/mol. The summed E-state index contributed by atoms with van der Waals surface area (Å²) < 4.78 is 11.1. The van der Waals surface area contributed by atoms with Crippen LogP contribution in [0.2, 0.25) is 5.02 Å². The monoisotopic (exact) mass is 377 g/mol. The van der Waals surface area contributed by atoms with Crippen molar-refractivity contribution in [1.29, 1.82) is 0 Å². The number of halogens is 1. The molecule has 6 heteroatoms. The maximum absolute atomic E-state index is 12.1. The van der Waals surface area contributed by atoms with E-state index in [1.54, 1.807) is 11.8 Å². The Hall–Kier alpha value is -1.85. The predicted molar refractivity (Wildman–Crippen MR) is 102 cm³/mol. The third-order valence-corrected chi connectivity index (χ3v) is 5.12. The summed E-state index contributed by atoms with van der Waals surface area (Å²) in [5.41, 5.74) is 2.11. The lowest BCUT2D eigenvalue weighted by Gasteiger charge is -2.20. The Bertz CT molecular complexity index is 739. The predicted octanol–water partition coefficient (Wildman–Crippen LogP) is 4.22. The van der Waals surface area contributed by atoms with Crippen molar-refractivity contribution in [1.82, 2.24) is 5.32 Å². The Kier molecular flexibility index (Phi) is 6.10. The molecule has 25 heavy (non-hydrogen) atoms. The summed E-state index contributed by atoms with van der Waals surface area (Å²) in [6, 6.07) is 13.7. The van der Waals surface area contributed by atoms with Gasteiger partial charge in [0.15, 0.2) is 11.5 Å². The van der Waals surface area contributed by atoms with Gasteiger partial charge < -0.3 is 14.8 Å². The molecule has 1 aliphatic rings. The number of benzene rings is 2. The van der Waals surface area contributed by atoms with E-state index in [1.807, 2.05) is 49.4 Å². The van der Waals surface area contributed by atoms with Gasteiger partial charge in [0.1, 0.15) is 13.2 Å². The number of hydrogen-bond donors (Lipinski definition) is 1. The summed E-state index contributed by atoms with van der Waals surface area (Å²) in [4.78, 5) is 12.1. The van der Waals surface area contributed by atoms with Crippen molar-refractivity contribution in [2.45, 2.75) is 18.7 Å². The molecule has 0 fully saturated rings. The van der Waals surface area contributed by atoms with Crippen molar-refractivity contribution in [2.75, 3.05) is 19.0 Å². The minimum atomic E-state index is -0.00182. The first-order valence-electron chi connectivity index (χ1n) is 8.13. The fourth-order valence-corrected chi connectivity index (χ4v) is 3.68. The Morgan fingerprint density at radius 1 is 1.24 bits per heavy atom. The summed E-state index contributed by atoms with van der Waals surface area (Å²) in [5.74, 6) is 2.38. The van der Waals surface area contributed by atoms with Crippen LogP contribution >= 0.6 is 23.4 Å². The average Bonchev–Trinajstić information content (AvgIpc) is 2.62. The highest BCUT2D eigenvalue weighted by molar-refractivity contribution is 7.99. The van der Waals surface area contributed by atoms with Gasteiger partial charge in [-0.2, -0.15) is 0 Å². The molecule has 0 saturated carbocycles. The third kappa shape index (κ3) is 4.83. The van der Waals surface area contributed by atoms with Gasteiger partial charge in [0.25, 0.3) is 0 Å². The van der Waals surface area contributed by atoms with Crippen molar-refractivity contribution >= 4 is 29.3 Å². The van der Waals surface area contributed by atoms with Gasteiger partial charge in [0.2, 0.25) is 5.91 Å². The van der Waals surface area contributed by atoms with Gasteiger partial charge in [-0.3, -0.25) is 4.79 Å². The molecule has 3 rings (SSSR count). The molecule has 1 atom stereocenters. The lowest BCUT2D eigenvalue weighted by molar-refractivity contribution is -0.119. The summed E-state index contributed by atoms with van der Waals surface area (Å²) in [5, 5.41) is 3.56. The fraction of sp³-hybridized carbons (Fsp3) is 0.316. The zero-order chi connectivity index (χ0) is 17.6. The Morgan fingerprint density at radius 2 is 2.00 bits per heavy atom. The highest BCUT2D eigenvalue weighted by Gasteiger charge is 2.17. The molecule has 0 aliphatic carbocycles. The molecule has 1 amide bonds. The second-order valence-corrected chi connectivity index (χ2v) is 7.19. The Morgan fingerprint density at radius 3 is 2.80 bits per heavy atom. The first-order chi connectivity index (χ1) is 12.1. The topological polar surface area (TPSA) is 47.6 Å². The Balaban J connectivity index is 1.49. The van der Waals surface area contributed by atoms with Gasteiger partial charge in [0.05, 0.1) is 16.8 Å². The normalized spacial score (nSPS) is 14.0. The highest BCUT2D eigenvalue weighted by atomic mass is 35.5. The second kappa shape index (κ2) is 8.50. The zero-order valence-corrected chi connectivity index (χ0v) is 15.5. The van der Waals surface area contributed by atoms with Crippen LogP contribution in [0.3, 0.4) is 0 Å². The van der Waals surface area contributed by atoms with Gasteiger partial charge in [0, 0.05) is 5.75 Å². The van der Waals surface area contributed by atoms with Crippen LogP contribution in [0.5, 0.6) is 11.5 Å². The van der Waals surface area contributed by atoms with E-state index in [9.17, 15) is 4.79 Å². The maximum atomic E-state index is 12.1. The molecule has 0 unspecified atom stereocenters. The molecule has 132 valence electrons. The number of fused-ring (bicyclic) bond motifs is 1. The smallest absolute Gasteiger partial charge is 0.230 e. The van der Waals surface area contributed by atoms with Gasteiger partial charge in [-0.05, 0) is 30.2 Å². The van der Waals surface area contributed by atoms with Gasteiger partial charge in [-0.1, -0.05) is 41.9 Å². The molecule has 0 aromatic heterocycles. The van der Waals surface area contributed by atoms with Crippen LogP contribution in [-0.4, -0.2) is 24.9 Å². The second-order valence-electron chi connectivity index (χ2n) is 5.79. The van der Waals surface area contributed by atoms with Crippen LogP contribution in [-0.2, 0) is 10.5 Å². The molecule has 2 aromatic rings. The molecular formula is C19H20ClNO3S. The lowest BCUT2D eigenvalue weighted by Crippen LogP contribution is -2.28. The standard InChI is InChI=1S/C19H20ClNO3S/c1-13(15-5-3-2-4-6-15)21-18(22)12-25-11-14-9-16(20)19-17(10-14)23-7-8-24-19/h2-6,9-10,13H,7-8,11-12H2,1H3,(H,21,22)/t13-/m1/s1. The van der Waals surface area contributed by atoms with Crippen LogP contribution in [0.4, 0.5) is 0 Å². The van der Waals surface area contributed by atoms with Crippen molar-refractivity contribution in [2.24, 2.45) is 0 Å². The number of rotatable bonds is 6. The lowest BCUT2D eigenvalue weighted by atomic mass is 10.1. The third-order valence-electron chi connectivity index (χ3n) is 3.84. The number of carbonyl (C=O) groups is 1. The van der Waals surface area contributed by atoms with Crippen LogP contribution in [0.25, 0.3) is 0 Å². The van der Waals surface area contributed by atoms with Crippen LogP contribution in [0, 0.1) is 0 Å². The molecule has 0 spiro atoms. The van der Waals surface area contributed by atoms with E-state index in [0.717, 1.165) is 11.1 Å². The van der Waals surface area contributed by atoms with E-state index >= 15 is 0 Å². The minimum absolute atomic E-state index is 0.00182.